The summed E-state index contributed by atoms with van der Waals surface area (Å²) >= 11 is 6.08. The van der Waals surface area contributed by atoms with E-state index in [0.29, 0.717) is 34.8 Å². The number of nitrogens with zero attached hydrogens (tertiary/aromatic N) is 3. The maximum Gasteiger partial charge on any atom is 0.262 e. The van der Waals surface area contributed by atoms with Crippen LogP contribution < -0.4 is 10.5 Å². The van der Waals surface area contributed by atoms with Gasteiger partial charge in [0.25, 0.3) is 5.56 Å². The van der Waals surface area contributed by atoms with Crippen molar-refractivity contribution in [3.05, 3.63) is 63.7 Å². The van der Waals surface area contributed by atoms with Gasteiger partial charge in [-0.3, -0.25) is 9.59 Å². The van der Waals surface area contributed by atoms with Crippen LogP contribution in [0, 0.1) is 6.92 Å². The Morgan fingerprint density at radius 2 is 1.89 bits per heavy atom. The maximum absolute atomic E-state index is 13.0. The van der Waals surface area contributed by atoms with Crippen LogP contribution in [-0.2, 0) is 4.79 Å². The Morgan fingerprint density at radius 1 is 1.14 bits per heavy atom. The SMILES string of the molecule is Cc1cc2c(=O)n([C@@H](C)C(=O)N3CCN(c4cccc(Cl)c4)CC3)ccc2o1. The first-order valence-electron chi connectivity index (χ1n) is 9.34. The summed E-state index contributed by atoms with van der Waals surface area (Å²) in [7, 11) is 0. The molecule has 1 amide bonds. The monoisotopic (exact) mass is 399 g/mol. The minimum absolute atomic E-state index is 0.0487. The number of fused-ring (bicyclic) bond motifs is 1. The van der Waals surface area contributed by atoms with Gasteiger partial charge in [-0.05, 0) is 44.2 Å². The molecule has 7 heteroatoms. The van der Waals surface area contributed by atoms with Crippen LogP contribution in [0.2, 0.25) is 5.02 Å². The van der Waals surface area contributed by atoms with E-state index < -0.39 is 6.04 Å². The van der Waals surface area contributed by atoms with E-state index in [-0.39, 0.29) is 11.5 Å². The Hall–Kier alpha value is -2.73. The van der Waals surface area contributed by atoms with Crippen molar-refractivity contribution in [2.45, 2.75) is 19.9 Å². The molecule has 1 fully saturated rings. The van der Waals surface area contributed by atoms with Gasteiger partial charge in [-0.25, -0.2) is 0 Å². The molecular formula is C21H22ClN3O3. The van der Waals surface area contributed by atoms with Crippen LogP contribution in [0.25, 0.3) is 11.0 Å². The van der Waals surface area contributed by atoms with Gasteiger partial charge in [0.05, 0.1) is 5.39 Å². The van der Waals surface area contributed by atoms with E-state index in [1.54, 1.807) is 32.2 Å². The van der Waals surface area contributed by atoms with E-state index in [1.165, 1.54) is 4.57 Å². The Bertz CT molecular complexity index is 1080. The normalized spacial score (nSPS) is 15.8. The third-order valence-electron chi connectivity index (χ3n) is 5.27. The van der Waals surface area contributed by atoms with Crippen molar-refractivity contribution >= 4 is 34.2 Å². The summed E-state index contributed by atoms with van der Waals surface area (Å²) < 4.78 is 6.99. The highest BCUT2D eigenvalue weighted by molar-refractivity contribution is 6.30. The zero-order valence-corrected chi connectivity index (χ0v) is 16.6. The molecule has 4 rings (SSSR count). The first-order valence-corrected chi connectivity index (χ1v) is 9.72. The number of pyridine rings is 1. The van der Waals surface area contributed by atoms with Crippen molar-refractivity contribution in [1.29, 1.82) is 0 Å². The van der Waals surface area contributed by atoms with Gasteiger partial charge < -0.3 is 18.8 Å². The minimum atomic E-state index is -0.565. The number of carbonyl (C=O) groups is 1. The molecule has 0 spiro atoms. The van der Waals surface area contributed by atoms with Crippen LogP contribution in [-0.4, -0.2) is 41.6 Å². The molecule has 3 aromatic rings. The van der Waals surface area contributed by atoms with Crippen LogP contribution in [0.5, 0.6) is 0 Å². The lowest BCUT2D eigenvalue weighted by molar-refractivity contribution is -0.134. The fraction of sp³-hybridized carbons (Fsp3) is 0.333. The smallest absolute Gasteiger partial charge is 0.262 e. The van der Waals surface area contributed by atoms with E-state index in [4.69, 9.17) is 16.0 Å². The van der Waals surface area contributed by atoms with E-state index in [0.717, 1.165) is 18.8 Å². The second-order valence-corrected chi connectivity index (χ2v) is 7.57. The third kappa shape index (κ3) is 3.40. The topological polar surface area (TPSA) is 58.7 Å². The first-order chi connectivity index (χ1) is 13.4. The molecule has 3 heterocycles. The average molecular weight is 400 g/mol. The lowest BCUT2D eigenvalue weighted by atomic mass is 10.2. The first kappa shape index (κ1) is 18.6. The van der Waals surface area contributed by atoms with Gasteiger partial charge in [0.1, 0.15) is 17.4 Å². The van der Waals surface area contributed by atoms with Gasteiger partial charge in [-0.15, -0.1) is 0 Å². The molecule has 1 aliphatic rings. The molecule has 1 aromatic carbocycles. The summed E-state index contributed by atoms with van der Waals surface area (Å²) in [6, 6.07) is 10.6. The van der Waals surface area contributed by atoms with Gasteiger partial charge >= 0.3 is 0 Å². The summed E-state index contributed by atoms with van der Waals surface area (Å²) in [6.07, 6.45) is 1.64. The molecular weight excluding hydrogens is 378 g/mol. The van der Waals surface area contributed by atoms with Crippen LogP contribution in [0.1, 0.15) is 18.7 Å². The molecule has 2 aromatic heterocycles. The number of furan rings is 1. The molecule has 0 bridgehead atoms. The Morgan fingerprint density at radius 3 is 2.61 bits per heavy atom. The highest BCUT2D eigenvalue weighted by Gasteiger charge is 2.27. The van der Waals surface area contributed by atoms with E-state index >= 15 is 0 Å². The molecule has 0 unspecified atom stereocenters. The Kier molecular flexibility index (Phi) is 4.89. The fourth-order valence-electron chi connectivity index (χ4n) is 3.72. The highest BCUT2D eigenvalue weighted by Crippen LogP contribution is 2.22. The minimum Gasteiger partial charge on any atom is -0.461 e. The van der Waals surface area contributed by atoms with Crippen LogP contribution >= 0.6 is 11.6 Å². The maximum atomic E-state index is 13.0. The summed E-state index contributed by atoms with van der Waals surface area (Å²) in [5.74, 6) is 0.633. The number of benzene rings is 1. The number of amides is 1. The average Bonchev–Trinajstić information content (AvgIpc) is 3.09. The van der Waals surface area contributed by atoms with Gasteiger partial charge in [-0.2, -0.15) is 0 Å². The van der Waals surface area contributed by atoms with Crippen LogP contribution in [0.3, 0.4) is 0 Å². The molecule has 0 N–H and O–H groups in total. The van der Waals surface area contributed by atoms with Crippen molar-refractivity contribution in [1.82, 2.24) is 9.47 Å². The number of anilines is 1. The molecule has 0 saturated carbocycles. The van der Waals surface area contributed by atoms with Crippen molar-refractivity contribution in [2.75, 3.05) is 31.1 Å². The fourth-order valence-corrected chi connectivity index (χ4v) is 3.91. The number of piperazine rings is 1. The highest BCUT2D eigenvalue weighted by atomic mass is 35.5. The quantitative estimate of drug-likeness (QED) is 0.676. The van der Waals surface area contributed by atoms with E-state index in [9.17, 15) is 9.59 Å². The number of aromatic nitrogens is 1. The Labute approximate surface area is 167 Å². The molecule has 28 heavy (non-hydrogen) atoms. The number of carbonyl (C=O) groups excluding carboxylic acids is 1. The largest absolute Gasteiger partial charge is 0.461 e. The van der Waals surface area contributed by atoms with Crippen molar-refractivity contribution in [2.24, 2.45) is 0 Å². The number of hydrogen-bond donors (Lipinski definition) is 0. The molecule has 1 atom stereocenters. The van der Waals surface area contributed by atoms with E-state index in [1.807, 2.05) is 29.2 Å². The second kappa shape index (κ2) is 7.36. The zero-order chi connectivity index (χ0) is 19.8. The molecule has 6 nitrogen and oxygen atoms in total. The number of rotatable bonds is 3. The predicted molar refractivity (Wildman–Crippen MR) is 110 cm³/mol. The predicted octanol–water partition coefficient (Wildman–Crippen LogP) is 3.47. The van der Waals surface area contributed by atoms with Gasteiger partial charge in [0.2, 0.25) is 5.91 Å². The molecule has 0 aliphatic carbocycles. The number of aryl methyl sites for hydroxylation is 1. The molecule has 146 valence electrons. The van der Waals surface area contributed by atoms with E-state index in [2.05, 4.69) is 4.90 Å². The van der Waals surface area contributed by atoms with Crippen LogP contribution in [0.15, 0.2) is 51.8 Å². The lowest BCUT2D eigenvalue weighted by Gasteiger charge is -2.37. The Balaban J connectivity index is 1.48. The van der Waals surface area contributed by atoms with Crippen LogP contribution in [0.4, 0.5) is 5.69 Å². The summed E-state index contributed by atoms with van der Waals surface area (Å²) in [5, 5.41) is 1.21. The summed E-state index contributed by atoms with van der Waals surface area (Å²) in [5.41, 5.74) is 1.41. The zero-order valence-electron chi connectivity index (χ0n) is 15.9. The lowest BCUT2D eigenvalue weighted by Crippen LogP contribution is -2.51. The second-order valence-electron chi connectivity index (χ2n) is 7.13. The summed E-state index contributed by atoms with van der Waals surface area (Å²) in [4.78, 5) is 29.8. The third-order valence-corrected chi connectivity index (χ3v) is 5.51. The van der Waals surface area contributed by atoms with Gasteiger partial charge in [0.15, 0.2) is 0 Å². The number of halogens is 1. The molecule has 1 saturated heterocycles. The standard InChI is InChI=1S/C21H22ClN3O3/c1-14-12-18-19(28-14)6-7-25(21(18)27)15(2)20(26)24-10-8-23(9-11-24)17-5-3-4-16(22)13-17/h3-7,12-13,15H,8-11H2,1-2H3/t15-/m0/s1. The van der Waals surface area contributed by atoms with Gasteiger partial charge in [-0.1, -0.05) is 17.7 Å². The van der Waals surface area contributed by atoms with Crippen molar-refractivity contribution < 1.29 is 9.21 Å². The van der Waals surface area contributed by atoms with Crippen molar-refractivity contribution in [3.63, 3.8) is 0 Å². The number of hydrogen-bond acceptors (Lipinski definition) is 4. The molecule has 0 radical (unpaired) electrons. The summed E-state index contributed by atoms with van der Waals surface area (Å²) in [6.45, 7) is 6.25. The van der Waals surface area contributed by atoms with Gasteiger partial charge in [0, 0.05) is 43.1 Å². The van der Waals surface area contributed by atoms with Crippen molar-refractivity contribution in [3.8, 4) is 0 Å². The molecule has 1 aliphatic heterocycles.